The van der Waals surface area contributed by atoms with Crippen molar-refractivity contribution in [3.63, 3.8) is 0 Å². The van der Waals surface area contributed by atoms with E-state index in [9.17, 15) is 0 Å². The Morgan fingerprint density at radius 1 is 1.08 bits per heavy atom. The maximum absolute atomic E-state index is 6.91. The third-order valence-electron chi connectivity index (χ3n) is 1.38. The lowest BCUT2D eigenvalue weighted by Crippen LogP contribution is -1.70. The zero-order chi connectivity index (χ0) is 9.40. The van der Waals surface area contributed by atoms with Gasteiger partial charge in [0.1, 0.15) is 0 Å². The summed E-state index contributed by atoms with van der Waals surface area (Å²) in [7, 11) is 0. The summed E-state index contributed by atoms with van der Waals surface area (Å²) in [6.07, 6.45) is 10.8. The summed E-state index contributed by atoms with van der Waals surface area (Å²) in [6.45, 7) is 7.52. The van der Waals surface area contributed by atoms with Gasteiger partial charge in [-0.25, -0.2) is 0 Å². The van der Waals surface area contributed by atoms with E-state index in [0.29, 0.717) is 0 Å². The van der Waals surface area contributed by atoms with Gasteiger partial charge in [0, 0.05) is 6.21 Å². The van der Waals surface area contributed by atoms with Gasteiger partial charge in [-0.15, -0.1) is 0 Å². The van der Waals surface area contributed by atoms with Gasteiger partial charge >= 0.3 is 0 Å². The van der Waals surface area contributed by atoms with Crippen molar-refractivity contribution in [2.45, 2.75) is 13.8 Å². The quantitative estimate of drug-likeness (QED) is 0.483. The third kappa shape index (κ3) is 5.42. The Hall–Kier alpha value is -1.37. The molecule has 0 fully saturated rings. The second-order valence-electron chi connectivity index (χ2n) is 2.55. The van der Waals surface area contributed by atoms with Crippen LogP contribution in [0.5, 0.6) is 0 Å². The molecule has 0 heterocycles. The molecule has 0 atom stereocenters. The first kappa shape index (κ1) is 10.6. The van der Waals surface area contributed by atoms with Crippen LogP contribution in [-0.2, 0) is 0 Å². The molecule has 1 N–H and O–H groups in total. The minimum Gasteiger partial charge on any atom is -0.308 e. The summed E-state index contributed by atoms with van der Waals surface area (Å²) in [5.41, 5.74) is 2.07. The van der Waals surface area contributed by atoms with Crippen molar-refractivity contribution in [1.82, 2.24) is 0 Å². The van der Waals surface area contributed by atoms with E-state index in [1.165, 1.54) is 6.21 Å². The second-order valence-corrected chi connectivity index (χ2v) is 2.55. The van der Waals surface area contributed by atoms with Gasteiger partial charge in [0.2, 0.25) is 0 Å². The second kappa shape index (κ2) is 6.35. The molecule has 0 aromatic rings. The Kier molecular flexibility index (Phi) is 5.62. The molecule has 0 unspecified atom stereocenters. The summed E-state index contributed by atoms with van der Waals surface area (Å²) in [6, 6.07) is 0. The van der Waals surface area contributed by atoms with E-state index < -0.39 is 0 Å². The Labute approximate surface area is 74.3 Å². The Bertz CT molecular complexity index is 216. The van der Waals surface area contributed by atoms with Crippen LogP contribution >= 0.6 is 0 Å². The van der Waals surface area contributed by atoms with Crippen LogP contribution in [0.15, 0.2) is 48.1 Å². The number of hydrogen-bond acceptors (Lipinski definition) is 1. The van der Waals surface area contributed by atoms with Crippen LogP contribution in [0.2, 0.25) is 0 Å². The van der Waals surface area contributed by atoms with E-state index in [1.807, 2.05) is 38.2 Å². The molecule has 0 spiro atoms. The maximum Gasteiger partial charge on any atom is 0.0207 e. The fraction of sp³-hybridized carbons (Fsp3) is 0.182. The molecule has 0 saturated carbocycles. The van der Waals surface area contributed by atoms with Gasteiger partial charge < -0.3 is 5.41 Å². The molecule has 0 saturated heterocycles. The molecule has 12 heavy (non-hydrogen) atoms. The van der Waals surface area contributed by atoms with Crippen molar-refractivity contribution in [3.8, 4) is 0 Å². The Balaban J connectivity index is 4.09. The van der Waals surface area contributed by atoms with Crippen LogP contribution in [0.4, 0.5) is 0 Å². The monoisotopic (exact) mass is 161 g/mol. The van der Waals surface area contributed by atoms with E-state index in [1.54, 1.807) is 6.08 Å². The predicted octanol–water partition coefficient (Wildman–Crippen LogP) is 3.27. The molecule has 0 radical (unpaired) electrons. The highest BCUT2D eigenvalue weighted by molar-refractivity contribution is 5.75. The van der Waals surface area contributed by atoms with E-state index in [2.05, 4.69) is 6.58 Å². The van der Waals surface area contributed by atoms with Crippen LogP contribution in [0.3, 0.4) is 0 Å². The summed E-state index contributed by atoms with van der Waals surface area (Å²) >= 11 is 0. The van der Waals surface area contributed by atoms with E-state index in [4.69, 9.17) is 5.41 Å². The molecular weight excluding hydrogens is 146 g/mol. The molecule has 0 aliphatic carbocycles. The lowest BCUT2D eigenvalue weighted by molar-refractivity contribution is 1.50. The van der Waals surface area contributed by atoms with Gasteiger partial charge in [0.05, 0.1) is 0 Å². The fourth-order valence-electron chi connectivity index (χ4n) is 0.531. The molecule has 0 rings (SSSR count). The van der Waals surface area contributed by atoms with Crippen molar-refractivity contribution < 1.29 is 0 Å². The first-order valence-corrected chi connectivity index (χ1v) is 3.85. The largest absolute Gasteiger partial charge is 0.308 e. The SMILES string of the molecule is C=C/C(C)=C/C=C\C=C(/C)C=N. The molecule has 0 aliphatic heterocycles. The fourth-order valence-corrected chi connectivity index (χ4v) is 0.531. The van der Waals surface area contributed by atoms with Gasteiger partial charge in [-0.1, -0.05) is 42.5 Å². The summed E-state index contributed by atoms with van der Waals surface area (Å²) < 4.78 is 0. The van der Waals surface area contributed by atoms with Gasteiger partial charge in [0.25, 0.3) is 0 Å². The first-order valence-electron chi connectivity index (χ1n) is 3.85. The van der Waals surface area contributed by atoms with Crippen molar-refractivity contribution in [2.75, 3.05) is 0 Å². The number of nitrogens with one attached hydrogen (secondary N) is 1. The zero-order valence-electron chi connectivity index (χ0n) is 7.67. The normalized spacial score (nSPS) is 13.5. The molecule has 1 nitrogen and oxygen atoms in total. The Morgan fingerprint density at radius 2 is 1.58 bits per heavy atom. The minimum atomic E-state index is 0.941. The minimum absolute atomic E-state index is 0.941. The topological polar surface area (TPSA) is 23.9 Å². The number of rotatable bonds is 4. The highest BCUT2D eigenvalue weighted by Gasteiger charge is 1.75. The van der Waals surface area contributed by atoms with Crippen LogP contribution < -0.4 is 0 Å². The van der Waals surface area contributed by atoms with E-state index >= 15 is 0 Å². The van der Waals surface area contributed by atoms with Gasteiger partial charge in [0.15, 0.2) is 0 Å². The highest BCUT2D eigenvalue weighted by atomic mass is 14.3. The smallest absolute Gasteiger partial charge is 0.0207 e. The highest BCUT2D eigenvalue weighted by Crippen LogP contribution is 1.94. The van der Waals surface area contributed by atoms with Gasteiger partial charge in [-0.2, -0.15) is 0 Å². The predicted molar refractivity (Wildman–Crippen MR) is 55.6 cm³/mol. The summed E-state index contributed by atoms with van der Waals surface area (Å²) in [5, 5.41) is 6.91. The standard InChI is InChI=1S/C11H15N/c1-4-10(2)7-5-6-8-11(3)9-12/h4-9,12H,1H2,2-3H3/b6-5-,10-7+,11-8+,12-9?. The maximum atomic E-state index is 6.91. The van der Waals surface area contributed by atoms with Gasteiger partial charge in [-0.3, -0.25) is 0 Å². The van der Waals surface area contributed by atoms with Gasteiger partial charge in [-0.05, 0) is 19.4 Å². The Morgan fingerprint density at radius 3 is 2.00 bits per heavy atom. The molecule has 0 aliphatic rings. The molecule has 0 aromatic carbocycles. The lowest BCUT2D eigenvalue weighted by atomic mass is 10.2. The average Bonchev–Trinajstić information content (AvgIpc) is 2.11. The average molecular weight is 161 g/mol. The molecular formula is C11H15N. The van der Waals surface area contributed by atoms with Crippen molar-refractivity contribution >= 4 is 6.21 Å². The lowest BCUT2D eigenvalue weighted by Gasteiger charge is -1.84. The van der Waals surface area contributed by atoms with E-state index in [-0.39, 0.29) is 0 Å². The summed E-state index contributed by atoms with van der Waals surface area (Å²) in [5.74, 6) is 0. The number of allylic oxidation sites excluding steroid dienone is 7. The van der Waals surface area contributed by atoms with E-state index in [0.717, 1.165) is 11.1 Å². The first-order chi connectivity index (χ1) is 5.70. The third-order valence-corrected chi connectivity index (χ3v) is 1.38. The molecule has 1 heteroatoms. The van der Waals surface area contributed by atoms with Crippen molar-refractivity contribution in [2.24, 2.45) is 0 Å². The van der Waals surface area contributed by atoms with Crippen molar-refractivity contribution in [3.05, 3.63) is 48.1 Å². The van der Waals surface area contributed by atoms with Crippen molar-refractivity contribution in [1.29, 1.82) is 5.41 Å². The van der Waals surface area contributed by atoms with Crippen LogP contribution in [-0.4, -0.2) is 6.21 Å². The number of hydrogen-bond donors (Lipinski definition) is 1. The molecule has 0 amide bonds. The van der Waals surface area contributed by atoms with Crippen LogP contribution in [0.1, 0.15) is 13.8 Å². The zero-order valence-corrected chi connectivity index (χ0v) is 7.67. The molecule has 64 valence electrons. The van der Waals surface area contributed by atoms with Crippen LogP contribution in [0.25, 0.3) is 0 Å². The molecule has 0 aromatic heterocycles. The molecule has 0 bridgehead atoms. The van der Waals surface area contributed by atoms with Crippen LogP contribution in [0, 0.1) is 5.41 Å². The summed E-state index contributed by atoms with van der Waals surface area (Å²) in [4.78, 5) is 0.